The van der Waals surface area contributed by atoms with Crippen molar-refractivity contribution < 1.29 is 38.4 Å². The van der Waals surface area contributed by atoms with Gasteiger partial charge in [-0.05, 0) is 78.6 Å². The molecule has 0 fully saturated rings. The van der Waals surface area contributed by atoms with Gasteiger partial charge in [-0.15, -0.1) is 22.7 Å². The van der Waals surface area contributed by atoms with Gasteiger partial charge in [0, 0.05) is 20.2 Å². The Morgan fingerprint density at radius 1 is 0.667 bits per heavy atom. The Labute approximate surface area is 292 Å². The third kappa shape index (κ3) is 9.80. The molecule has 10 heteroatoms. The summed E-state index contributed by atoms with van der Waals surface area (Å²) in [6.07, 6.45) is -0.579. The second kappa shape index (κ2) is 15.0. The van der Waals surface area contributed by atoms with E-state index in [2.05, 4.69) is 0 Å². The number of hydrogen-bond acceptors (Lipinski definition) is 10. The number of rotatable bonds is 10. The zero-order valence-electron chi connectivity index (χ0n) is 30.2. The first-order chi connectivity index (χ1) is 22.1. The Balaban J connectivity index is 0.000000260. The third-order valence-corrected chi connectivity index (χ3v) is 10.0. The molecule has 1 N–H and O–H groups in total. The Kier molecular flexibility index (Phi) is 12.2. The van der Waals surface area contributed by atoms with Crippen LogP contribution in [0.15, 0.2) is 48.5 Å². The lowest BCUT2D eigenvalue weighted by Crippen LogP contribution is -2.43. The highest BCUT2D eigenvalue weighted by atomic mass is 32.1. The molecule has 2 heterocycles. The SMILES string of the molecule is COc1ccc2sc(C(=O)OCC(C)(C)C(=O)C(C)(C)C)cc2c1.COc1ccc2sc(C(=O)OCC(C)(C)C(O)C(C)(C)C)cc2c1. The molecule has 2 aromatic heterocycles. The predicted molar refractivity (Wildman–Crippen MR) is 195 cm³/mol. The normalized spacial score (nSPS) is 13.0. The van der Waals surface area contributed by atoms with Crippen LogP contribution < -0.4 is 9.47 Å². The molecule has 4 aromatic rings. The van der Waals surface area contributed by atoms with Crippen molar-refractivity contribution in [1.82, 2.24) is 0 Å². The van der Waals surface area contributed by atoms with E-state index < -0.39 is 28.3 Å². The number of carbonyl (C=O) groups is 3. The molecule has 262 valence electrons. The molecule has 0 aliphatic carbocycles. The maximum atomic E-state index is 12.4. The van der Waals surface area contributed by atoms with Gasteiger partial charge < -0.3 is 24.1 Å². The van der Waals surface area contributed by atoms with Gasteiger partial charge in [0.1, 0.15) is 33.6 Å². The first kappa shape index (κ1) is 39.0. The lowest BCUT2D eigenvalue weighted by molar-refractivity contribution is -0.137. The van der Waals surface area contributed by atoms with Gasteiger partial charge in [0.15, 0.2) is 0 Å². The monoisotopic (exact) mass is 698 g/mol. The van der Waals surface area contributed by atoms with E-state index in [0.717, 1.165) is 31.7 Å². The van der Waals surface area contributed by atoms with Crippen molar-refractivity contribution in [3.05, 3.63) is 58.3 Å². The summed E-state index contributed by atoms with van der Waals surface area (Å²) in [5.41, 5.74) is -1.98. The fourth-order valence-corrected chi connectivity index (χ4v) is 7.34. The van der Waals surface area contributed by atoms with Crippen molar-refractivity contribution in [2.45, 2.75) is 75.3 Å². The number of esters is 2. The fourth-order valence-electron chi connectivity index (χ4n) is 5.47. The number of carbonyl (C=O) groups excluding carboxylic acids is 3. The minimum absolute atomic E-state index is 0.0690. The third-order valence-electron chi connectivity index (χ3n) is 7.85. The Morgan fingerprint density at radius 3 is 1.46 bits per heavy atom. The van der Waals surface area contributed by atoms with Crippen LogP contribution in [0.5, 0.6) is 11.5 Å². The molecule has 1 unspecified atom stereocenters. The van der Waals surface area contributed by atoms with E-state index in [1.54, 1.807) is 20.3 Å². The molecule has 0 spiro atoms. The number of ketones is 1. The number of methoxy groups -OCH3 is 2. The summed E-state index contributed by atoms with van der Waals surface area (Å²) in [6.45, 7) is 19.2. The van der Waals surface area contributed by atoms with Crippen LogP contribution in [0.25, 0.3) is 20.2 Å². The first-order valence-corrected chi connectivity index (χ1v) is 17.4. The second-order valence-corrected chi connectivity index (χ2v) is 17.6. The van der Waals surface area contributed by atoms with E-state index in [1.807, 2.05) is 112 Å². The number of Topliss-reactive ketones (excluding diaryl/α,β-unsaturated/α-hetero) is 1. The average molecular weight is 699 g/mol. The Bertz CT molecular complexity index is 1750. The number of hydrogen-bond donors (Lipinski definition) is 1. The second-order valence-electron chi connectivity index (χ2n) is 15.4. The Morgan fingerprint density at radius 2 is 1.08 bits per heavy atom. The van der Waals surface area contributed by atoms with Crippen molar-refractivity contribution in [3.63, 3.8) is 0 Å². The van der Waals surface area contributed by atoms with Crippen molar-refractivity contribution in [2.75, 3.05) is 27.4 Å². The lowest BCUT2D eigenvalue weighted by Gasteiger charge is -2.38. The molecule has 0 aliphatic heterocycles. The molecule has 4 rings (SSSR count). The van der Waals surface area contributed by atoms with Gasteiger partial charge in [-0.3, -0.25) is 4.79 Å². The van der Waals surface area contributed by atoms with Gasteiger partial charge in [-0.2, -0.15) is 0 Å². The largest absolute Gasteiger partial charge is 0.497 e. The minimum atomic E-state index is -0.714. The van der Waals surface area contributed by atoms with Gasteiger partial charge in [-0.25, -0.2) is 9.59 Å². The summed E-state index contributed by atoms with van der Waals surface area (Å²) in [5, 5.41) is 12.4. The molecule has 0 radical (unpaired) electrons. The number of thiophene rings is 2. The summed E-state index contributed by atoms with van der Waals surface area (Å²) in [7, 11) is 3.22. The molecule has 0 aliphatic rings. The van der Waals surface area contributed by atoms with Crippen LogP contribution in [0, 0.1) is 21.7 Å². The van der Waals surface area contributed by atoms with Gasteiger partial charge in [0.25, 0.3) is 0 Å². The summed E-state index contributed by atoms with van der Waals surface area (Å²) in [4.78, 5) is 38.2. The minimum Gasteiger partial charge on any atom is -0.497 e. The van der Waals surface area contributed by atoms with Crippen LogP contribution >= 0.6 is 22.7 Å². The standard InChI is InChI=1S/C19H26O4S.C19H24O4S/c2*1-18(2,3)17(21)19(4,5)11-23-16(20)15-10-12-9-13(22-6)7-8-14(12)24-15/h7-10,17,21H,11H2,1-6H3;7-10H,11H2,1-6H3. The topological polar surface area (TPSA) is 108 Å². The molecule has 0 bridgehead atoms. The van der Waals surface area contributed by atoms with E-state index in [9.17, 15) is 19.5 Å². The molecular weight excluding hydrogens is 649 g/mol. The Hall–Kier alpha value is -3.47. The maximum Gasteiger partial charge on any atom is 0.348 e. The van der Waals surface area contributed by atoms with Crippen LogP contribution in [0.4, 0.5) is 0 Å². The lowest BCUT2D eigenvalue weighted by atomic mass is 9.73. The maximum absolute atomic E-state index is 12.4. The summed E-state index contributed by atoms with van der Waals surface area (Å²) in [5.74, 6) is 0.824. The van der Waals surface area contributed by atoms with E-state index in [-0.39, 0.29) is 30.4 Å². The zero-order valence-corrected chi connectivity index (χ0v) is 31.9. The smallest absolute Gasteiger partial charge is 0.348 e. The average Bonchev–Trinajstić information content (AvgIpc) is 3.65. The zero-order chi connectivity index (χ0) is 36.2. The molecule has 0 saturated carbocycles. The van der Waals surface area contributed by atoms with E-state index >= 15 is 0 Å². The van der Waals surface area contributed by atoms with Gasteiger partial charge >= 0.3 is 11.9 Å². The van der Waals surface area contributed by atoms with E-state index in [1.165, 1.54) is 22.7 Å². The predicted octanol–water partition coefficient (Wildman–Crippen LogP) is 9.21. The van der Waals surface area contributed by atoms with Crippen molar-refractivity contribution in [2.24, 2.45) is 21.7 Å². The molecular formula is C38H50O8S2. The molecule has 0 saturated heterocycles. The quantitative estimate of drug-likeness (QED) is 0.163. The molecule has 1 atom stereocenters. The van der Waals surface area contributed by atoms with Gasteiger partial charge in [-0.1, -0.05) is 55.4 Å². The van der Waals surface area contributed by atoms with Crippen LogP contribution in [-0.2, 0) is 14.3 Å². The number of aliphatic hydroxyl groups excluding tert-OH is 1. The number of fused-ring (bicyclic) bond motifs is 2. The van der Waals surface area contributed by atoms with Gasteiger partial charge in [0.2, 0.25) is 0 Å². The molecule has 2 aromatic carbocycles. The summed E-state index contributed by atoms with van der Waals surface area (Å²) in [6, 6.07) is 15.0. The summed E-state index contributed by atoms with van der Waals surface area (Å²) >= 11 is 2.77. The first-order valence-electron chi connectivity index (χ1n) is 15.8. The van der Waals surface area contributed by atoms with Crippen molar-refractivity contribution >= 4 is 60.6 Å². The van der Waals surface area contributed by atoms with Crippen molar-refractivity contribution in [1.29, 1.82) is 0 Å². The van der Waals surface area contributed by atoms with Crippen LogP contribution in [0.3, 0.4) is 0 Å². The number of aliphatic hydroxyl groups is 1. The van der Waals surface area contributed by atoms with Gasteiger partial charge in [0.05, 0.1) is 32.3 Å². The number of benzene rings is 2. The molecule has 0 amide bonds. The van der Waals surface area contributed by atoms with Crippen molar-refractivity contribution in [3.8, 4) is 11.5 Å². The fraction of sp³-hybridized carbons (Fsp3) is 0.500. The van der Waals surface area contributed by atoms with E-state index in [0.29, 0.717) is 9.75 Å². The highest BCUT2D eigenvalue weighted by Gasteiger charge is 2.38. The molecule has 48 heavy (non-hydrogen) atoms. The van der Waals surface area contributed by atoms with Crippen LogP contribution in [0.2, 0.25) is 0 Å². The van der Waals surface area contributed by atoms with Crippen LogP contribution in [0.1, 0.15) is 88.6 Å². The van der Waals surface area contributed by atoms with Crippen LogP contribution in [-0.4, -0.2) is 56.4 Å². The van der Waals surface area contributed by atoms with E-state index in [4.69, 9.17) is 18.9 Å². The molecule has 8 nitrogen and oxygen atoms in total. The highest BCUT2D eigenvalue weighted by Crippen LogP contribution is 2.35. The summed E-state index contributed by atoms with van der Waals surface area (Å²) < 4.78 is 23.3. The highest BCUT2D eigenvalue weighted by molar-refractivity contribution is 7.21. The number of ether oxygens (including phenoxy) is 4.